The summed E-state index contributed by atoms with van der Waals surface area (Å²) in [6.45, 7) is 10.9. The number of nitrogens with zero attached hydrogens (tertiary/aromatic N) is 5. The first-order chi connectivity index (χ1) is 23.2. The molecule has 4 rings (SSSR count). The summed E-state index contributed by atoms with van der Waals surface area (Å²) in [5, 5.41) is 5.94. The van der Waals surface area contributed by atoms with Gasteiger partial charge < -0.3 is 20.1 Å². The number of carbonyl (C=O) groups excluding carboxylic acids is 1. The van der Waals surface area contributed by atoms with Gasteiger partial charge in [-0.25, -0.2) is 9.97 Å². The fraction of sp³-hybridized carbons (Fsp3) is 0.474. The quantitative estimate of drug-likeness (QED) is 0.0744. The molecule has 1 amide bonds. The van der Waals surface area contributed by atoms with E-state index in [1.807, 2.05) is 43.6 Å². The van der Waals surface area contributed by atoms with Crippen LogP contribution in [0.5, 0.6) is 11.6 Å². The van der Waals surface area contributed by atoms with E-state index in [1.165, 1.54) is 11.9 Å². The van der Waals surface area contributed by atoms with Gasteiger partial charge >= 0.3 is 0 Å². The molecule has 0 saturated carbocycles. The van der Waals surface area contributed by atoms with Gasteiger partial charge in [-0.3, -0.25) is 9.48 Å². The molecule has 0 aliphatic rings. The van der Waals surface area contributed by atoms with Gasteiger partial charge in [0, 0.05) is 36.9 Å². The highest BCUT2D eigenvalue weighted by molar-refractivity contribution is 6.30. The molecule has 0 unspecified atom stereocenters. The van der Waals surface area contributed by atoms with Gasteiger partial charge in [-0.05, 0) is 100 Å². The number of hydrogen-bond donors (Lipinski definition) is 1. The second-order valence-corrected chi connectivity index (χ2v) is 13.0. The second-order valence-electron chi connectivity index (χ2n) is 12.6. The molecule has 2 aromatic carbocycles. The maximum Gasteiger partial charge on any atom is 0.248 e. The van der Waals surface area contributed by atoms with Gasteiger partial charge in [-0.15, -0.1) is 0 Å². The molecule has 2 aromatic heterocycles. The average Bonchev–Trinajstić information content (AvgIpc) is 3.47. The minimum atomic E-state index is -0.436. The Bertz CT molecular complexity index is 1640. The van der Waals surface area contributed by atoms with E-state index < -0.39 is 5.91 Å². The first-order valence-corrected chi connectivity index (χ1v) is 17.6. The van der Waals surface area contributed by atoms with Crippen LogP contribution in [-0.4, -0.2) is 51.5 Å². The van der Waals surface area contributed by atoms with Crippen molar-refractivity contribution in [3.63, 3.8) is 0 Å². The van der Waals surface area contributed by atoms with Crippen molar-refractivity contribution in [2.24, 2.45) is 24.6 Å². The summed E-state index contributed by atoms with van der Waals surface area (Å²) in [6.07, 6.45) is 14.8. The van der Waals surface area contributed by atoms with E-state index in [1.54, 1.807) is 10.7 Å². The lowest BCUT2D eigenvalue weighted by Gasteiger charge is -2.30. The normalized spacial score (nSPS) is 13.5. The molecule has 0 aliphatic heterocycles. The third-order valence-electron chi connectivity index (χ3n) is 8.94. The lowest BCUT2D eigenvalue weighted by molar-refractivity contribution is 0.1000. The Labute approximate surface area is 290 Å². The molecule has 3 atom stereocenters. The number of aryl methyl sites for hydroxylation is 2. The Kier molecular flexibility index (Phi) is 14.1. The molecule has 10 heteroatoms. The number of amides is 1. The van der Waals surface area contributed by atoms with Crippen LogP contribution in [0.1, 0.15) is 82.1 Å². The number of rotatable bonds is 20. The Hall–Kier alpha value is -4.11. The van der Waals surface area contributed by atoms with Crippen molar-refractivity contribution in [1.82, 2.24) is 19.7 Å². The van der Waals surface area contributed by atoms with Gasteiger partial charge in [0.1, 0.15) is 23.6 Å². The van der Waals surface area contributed by atoms with E-state index >= 15 is 0 Å². The molecule has 0 bridgehead atoms. The number of fused-ring (bicyclic) bond motifs is 1. The van der Waals surface area contributed by atoms with Crippen LogP contribution in [0.15, 0.2) is 67.1 Å². The smallest absolute Gasteiger partial charge is 0.248 e. The van der Waals surface area contributed by atoms with Crippen molar-refractivity contribution >= 4 is 34.2 Å². The predicted molar refractivity (Wildman–Crippen MR) is 195 cm³/mol. The lowest BCUT2D eigenvalue weighted by Crippen LogP contribution is -2.30. The Balaban J connectivity index is 1.28. The number of halogens is 1. The third kappa shape index (κ3) is 10.7. The molecular weight excluding hydrogens is 624 g/mol. The third-order valence-corrected chi connectivity index (χ3v) is 9.17. The SMILES string of the molecule is CC[C@H](CC/C=C/C[C@H](C)[C@@H](C)Oc1ncnc2nn(C)cc12)CN(CC)c1cc(C(N)=O)ccc1OCCCCc1cccc(Cl)c1. The number of ether oxygens (including phenoxy) is 2. The molecule has 0 radical (unpaired) electrons. The number of allylic oxidation sites excluding steroid dienone is 2. The summed E-state index contributed by atoms with van der Waals surface area (Å²) in [5.74, 6) is 1.72. The fourth-order valence-corrected chi connectivity index (χ4v) is 5.96. The molecule has 0 spiro atoms. The zero-order valence-electron chi connectivity index (χ0n) is 29.1. The van der Waals surface area contributed by atoms with Gasteiger partial charge in [0.15, 0.2) is 5.65 Å². The summed E-state index contributed by atoms with van der Waals surface area (Å²) in [6, 6.07) is 13.5. The highest BCUT2D eigenvalue weighted by atomic mass is 35.5. The van der Waals surface area contributed by atoms with Crippen molar-refractivity contribution in [3.05, 3.63) is 83.3 Å². The van der Waals surface area contributed by atoms with Gasteiger partial charge in [0.2, 0.25) is 11.8 Å². The summed E-state index contributed by atoms with van der Waals surface area (Å²) < 4.78 is 14.2. The molecule has 0 fully saturated rings. The van der Waals surface area contributed by atoms with E-state index in [-0.39, 0.29) is 6.10 Å². The number of benzene rings is 2. The number of aromatic nitrogens is 4. The van der Waals surface area contributed by atoms with Crippen LogP contribution in [0.3, 0.4) is 0 Å². The van der Waals surface area contributed by atoms with Crippen LogP contribution >= 0.6 is 11.6 Å². The second kappa shape index (κ2) is 18.4. The van der Waals surface area contributed by atoms with Crippen molar-refractivity contribution in [3.8, 4) is 11.6 Å². The Morgan fingerprint density at radius 1 is 1.10 bits per heavy atom. The predicted octanol–water partition coefficient (Wildman–Crippen LogP) is 8.20. The number of nitrogens with two attached hydrogens (primary N) is 1. The van der Waals surface area contributed by atoms with Crippen LogP contribution in [0.25, 0.3) is 11.0 Å². The van der Waals surface area contributed by atoms with E-state index in [0.717, 1.165) is 79.9 Å². The van der Waals surface area contributed by atoms with E-state index in [2.05, 4.69) is 65.9 Å². The van der Waals surface area contributed by atoms with Crippen LogP contribution in [0, 0.1) is 11.8 Å². The molecule has 0 aliphatic carbocycles. The highest BCUT2D eigenvalue weighted by Crippen LogP contribution is 2.32. The van der Waals surface area contributed by atoms with Gasteiger partial charge in [0.05, 0.1) is 12.3 Å². The number of unbranched alkanes of at least 4 members (excludes halogenated alkanes) is 1. The van der Waals surface area contributed by atoms with Gasteiger partial charge in [-0.2, -0.15) is 5.10 Å². The minimum Gasteiger partial charge on any atom is -0.491 e. The fourth-order valence-electron chi connectivity index (χ4n) is 5.75. The first kappa shape index (κ1) is 36.7. The number of primary amides is 1. The molecule has 9 nitrogen and oxygen atoms in total. The van der Waals surface area contributed by atoms with Crippen molar-refractivity contribution in [2.75, 3.05) is 24.6 Å². The molecule has 4 aromatic rings. The van der Waals surface area contributed by atoms with Crippen LogP contribution in [0.2, 0.25) is 5.02 Å². The van der Waals surface area contributed by atoms with E-state index in [9.17, 15) is 4.79 Å². The number of hydrogen-bond acceptors (Lipinski definition) is 7. The lowest BCUT2D eigenvalue weighted by atomic mass is 9.97. The Morgan fingerprint density at radius 3 is 2.69 bits per heavy atom. The maximum atomic E-state index is 12.1. The monoisotopic (exact) mass is 674 g/mol. The topological polar surface area (TPSA) is 108 Å². The van der Waals surface area contributed by atoms with Crippen LogP contribution in [0.4, 0.5) is 5.69 Å². The summed E-state index contributed by atoms with van der Waals surface area (Å²) in [7, 11) is 1.87. The van der Waals surface area contributed by atoms with Gasteiger partial charge in [-0.1, -0.05) is 56.2 Å². The molecule has 258 valence electrons. The zero-order chi connectivity index (χ0) is 34.5. The molecular formula is C38H51ClN6O3. The largest absolute Gasteiger partial charge is 0.491 e. The molecule has 0 saturated heterocycles. The van der Waals surface area contributed by atoms with E-state index in [4.69, 9.17) is 26.8 Å². The Morgan fingerprint density at radius 2 is 1.94 bits per heavy atom. The van der Waals surface area contributed by atoms with Crippen molar-refractivity contribution in [1.29, 1.82) is 0 Å². The average molecular weight is 675 g/mol. The molecule has 2 N–H and O–H groups in total. The molecule has 2 heterocycles. The number of anilines is 1. The van der Waals surface area contributed by atoms with Crippen molar-refractivity contribution in [2.45, 2.75) is 78.7 Å². The number of carbonyl (C=O) groups is 1. The molecule has 48 heavy (non-hydrogen) atoms. The highest BCUT2D eigenvalue weighted by Gasteiger charge is 2.19. The van der Waals surface area contributed by atoms with Crippen LogP contribution < -0.4 is 20.1 Å². The first-order valence-electron chi connectivity index (χ1n) is 17.2. The standard InChI is InChI=1S/C38H51ClN6O3/c1-6-29(15-10-8-9-14-27(3)28(4)48-38-33-25-44(5)43-37(33)41-26-42-38)24-45(7-2)34-23-31(36(40)46)19-20-35(34)47-21-12-11-16-30-17-13-18-32(39)22-30/h8-9,13,17-20,22-23,25-29H,6-7,10-12,14-16,21,24H2,1-5H3,(H2,40,46)/b9-8+/t27-,28+,29+/m0/s1. The van der Waals surface area contributed by atoms with Gasteiger partial charge in [0.25, 0.3) is 0 Å². The minimum absolute atomic E-state index is 0.00926. The maximum absolute atomic E-state index is 12.1. The summed E-state index contributed by atoms with van der Waals surface area (Å²) >= 11 is 6.13. The summed E-state index contributed by atoms with van der Waals surface area (Å²) in [5.41, 5.74) is 8.95. The van der Waals surface area contributed by atoms with E-state index in [0.29, 0.717) is 35.5 Å². The van der Waals surface area contributed by atoms with Crippen LogP contribution in [-0.2, 0) is 13.5 Å². The van der Waals surface area contributed by atoms with Crippen molar-refractivity contribution < 1.29 is 14.3 Å². The zero-order valence-corrected chi connectivity index (χ0v) is 29.8. The summed E-state index contributed by atoms with van der Waals surface area (Å²) in [4.78, 5) is 23.0.